The van der Waals surface area contributed by atoms with E-state index < -0.39 is 11.6 Å². The molecule has 0 spiro atoms. The van der Waals surface area contributed by atoms with Gasteiger partial charge in [0.2, 0.25) is 0 Å². The molecule has 0 saturated heterocycles. The van der Waals surface area contributed by atoms with E-state index in [0.29, 0.717) is 23.7 Å². The third kappa shape index (κ3) is 7.79. The van der Waals surface area contributed by atoms with Crippen LogP contribution in [-0.4, -0.2) is 16.2 Å². The average Bonchev–Trinajstić information content (AvgIpc) is 3.84. The third-order valence-electron chi connectivity index (χ3n) is 12.7. The number of rotatable bonds is 9. The van der Waals surface area contributed by atoms with Crippen LogP contribution in [0.3, 0.4) is 0 Å². The Hall–Kier alpha value is -7.25. The van der Waals surface area contributed by atoms with Gasteiger partial charge >= 0.3 is 0 Å². The maximum atomic E-state index is 14.6. The molecule has 2 aromatic heterocycles. The standard InChI is InChI=1S/C58H52F2N4O/c1-36(2)50-30-41(39-26-43(59)32-44(60)27-39)31-51(37(3)4)57(50)63-35-62(53-16-10-11-17-54(53)63)45-28-40(38-19-21-42(22-20-38)58(5,6)7)29-47(33-45)65-46-23-24-49-48-14-8-9-15-52(48)64(55(49)34-46)56-18-12-13-25-61-56/h8-34,36-37H,35H2,1-7H3. The van der Waals surface area contributed by atoms with Crippen LogP contribution in [-0.2, 0) is 5.41 Å². The van der Waals surface area contributed by atoms with E-state index in [1.165, 1.54) is 17.7 Å². The summed E-state index contributed by atoms with van der Waals surface area (Å²) >= 11 is 0. The van der Waals surface area contributed by atoms with E-state index in [2.05, 4.69) is 184 Å². The zero-order valence-electron chi connectivity index (χ0n) is 37.9. The van der Waals surface area contributed by atoms with Crippen LogP contribution in [0.2, 0.25) is 0 Å². The highest BCUT2D eigenvalue weighted by atomic mass is 19.1. The SMILES string of the molecule is CC(C)c1cc(-c2cc(F)cc(F)c2)cc(C(C)C)c1N1CN(c2cc(Oc3ccc4c5ccccc5n(-c5ccccn5)c4c3)cc(-c3ccc(C(C)(C)C)cc3)c2)c2ccccc21. The molecule has 0 saturated carbocycles. The Bertz CT molecular complexity index is 3190. The van der Waals surface area contributed by atoms with Crippen molar-refractivity contribution in [2.24, 2.45) is 0 Å². The topological polar surface area (TPSA) is 33.5 Å². The van der Waals surface area contributed by atoms with E-state index in [4.69, 9.17) is 9.72 Å². The molecule has 0 bridgehead atoms. The average molecular weight is 859 g/mol. The number of pyridine rings is 1. The van der Waals surface area contributed by atoms with Crippen LogP contribution in [0.5, 0.6) is 11.5 Å². The molecule has 0 amide bonds. The number of fused-ring (bicyclic) bond motifs is 4. The first kappa shape index (κ1) is 41.7. The zero-order chi connectivity index (χ0) is 45.1. The number of ether oxygens (including phenoxy) is 1. The monoisotopic (exact) mass is 858 g/mol. The van der Waals surface area contributed by atoms with Crippen LogP contribution >= 0.6 is 0 Å². The Kier molecular flexibility index (Phi) is 10.5. The quantitative estimate of drug-likeness (QED) is 0.145. The molecule has 7 aromatic carbocycles. The van der Waals surface area contributed by atoms with Crippen molar-refractivity contribution < 1.29 is 13.5 Å². The summed E-state index contributed by atoms with van der Waals surface area (Å²) in [6.45, 7) is 16.0. The van der Waals surface area contributed by atoms with E-state index in [9.17, 15) is 8.78 Å². The van der Waals surface area contributed by atoms with Gasteiger partial charge in [-0.3, -0.25) is 4.57 Å². The number of para-hydroxylation sites is 3. The van der Waals surface area contributed by atoms with Gasteiger partial charge in [0.1, 0.15) is 35.6 Å². The fraction of sp³-hybridized carbons (Fsp3) is 0.190. The molecule has 0 aliphatic carbocycles. The number of hydrogen-bond donors (Lipinski definition) is 0. The van der Waals surface area contributed by atoms with E-state index in [0.717, 1.165) is 84.3 Å². The first-order valence-electron chi connectivity index (χ1n) is 22.5. The minimum absolute atomic E-state index is 0.0170. The van der Waals surface area contributed by atoms with E-state index in [1.54, 1.807) is 0 Å². The number of aromatic nitrogens is 2. The molecule has 9 aromatic rings. The Morgan fingerprint density at radius 2 is 1.15 bits per heavy atom. The van der Waals surface area contributed by atoms with E-state index >= 15 is 0 Å². The maximum Gasteiger partial charge on any atom is 0.137 e. The minimum Gasteiger partial charge on any atom is -0.457 e. The van der Waals surface area contributed by atoms with Crippen LogP contribution in [0.1, 0.15) is 77.0 Å². The Morgan fingerprint density at radius 1 is 0.538 bits per heavy atom. The number of benzene rings is 7. The second-order valence-electron chi connectivity index (χ2n) is 18.8. The molecule has 7 heteroatoms. The molecule has 0 radical (unpaired) electrons. The van der Waals surface area contributed by atoms with Crippen LogP contribution in [0.4, 0.5) is 31.5 Å². The van der Waals surface area contributed by atoms with Crippen molar-refractivity contribution in [3.8, 4) is 39.6 Å². The van der Waals surface area contributed by atoms with Gasteiger partial charge in [0.15, 0.2) is 0 Å². The second kappa shape index (κ2) is 16.4. The highest BCUT2D eigenvalue weighted by Crippen LogP contribution is 2.50. The van der Waals surface area contributed by atoms with Crippen LogP contribution < -0.4 is 14.5 Å². The fourth-order valence-corrected chi connectivity index (χ4v) is 9.40. The van der Waals surface area contributed by atoms with Crippen molar-refractivity contribution in [1.29, 1.82) is 0 Å². The molecular weight excluding hydrogens is 807 g/mol. The van der Waals surface area contributed by atoms with Crippen molar-refractivity contribution in [3.05, 3.63) is 192 Å². The summed E-state index contributed by atoms with van der Waals surface area (Å²) in [5.41, 5.74) is 13.3. The summed E-state index contributed by atoms with van der Waals surface area (Å²) in [6.07, 6.45) is 1.83. The summed E-state index contributed by atoms with van der Waals surface area (Å²) in [4.78, 5) is 9.51. The lowest BCUT2D eigenvalue weighted by Gasteiger charge is -2.30. The molecule has 5 nitrogen and oxygen atoms in total. The first-order valence-corrected chi connectivity index (χ1v) is 22.5. The number of nitrogens with zero attached hydrogens (tertiary/aromatic N) is 4. The van der Waals surface area contributed by atoms with Crippen LogP contribution in [0.25, 0.3) is 49.9 Å². The van der Waals surface area contributed by atoms with Gasteiger partial charge in [0.05, 0.1) is 22.4 Å². The number of anilines is 4. The van der Waals surface area contributed by atoms with Gasteiger partial charge in [-0.25, -0.2) is 13.8 Å². The molecule has 0 atom stereocenters. The van der Waals surface area contributed by atoms with Crippen molar-refractivity contribution in [2.75, 3.05) is 16.5 Å². The smallest absolute Gasteiger partial charge is 0.137 e. The maximum absolute atomic E-state index is 14.6. The highest BCUT2D eigenvalue weighted by Gasteiger charge is 2.33. The van der Waals surface area contributed by atoms with Gasteiger partial charge in [-0.05, 0) is 135 Å². The highest BCUT2D eigenvalue weighted by molar-refractivity contribution is 6.09. The first-order chi connectivity index (χ1) is 31.3. The van der Waals surface area contributed by atoms with Crippen molar-refractivity contribution in [3.63, 3.8) is 0 Å². The zero-order valence-corrected chi connectivity index (χ0v) is 37.9. The Balaban J connectivity index is 1.11. The lowest BCUT2D eigenvalue weighted by molar-refractivity contribution is 0.483. The molecule has 0 N–H and O–H groups in total. The minimum atomic E-state index is -0.589. The largest absolute Gasteiger partial charge is 0.457 e. The lowest BCUT2D eigenvalue weighted by atomic mass is 9.86. The Morgan fingerprint density at radius 3 is 1.82 bits per heavy atom. The van der Waals surface area contributed by atoms with Crippen LogP contribution in [0, 0.1) is 11.6 Å². The van der Waals surface area contributed by atoms with E-state index in [-0.39, 0.29) is 17.3 Å². The Labute approximate surface area is 380 Å². The molecule has 3 heterocycles. The number of halogens is 2. The second-order valence-corrected chi connectivity index (χ2v) is 18.8. The van der Waals surface area contributed by atoms with Gasteiger partial charge in [0.25, 0.3) is 0 Å². The van der Waals surface area contributed by atoms with Gasteiger partial charge in [-0.15, -0.1) is 0 Å². The molecule has 10 rings (SSSR count). The molecule has 1 aliphatic rings. The van der Waals surface area contributed by atoms with Crippen LogP contribution in [0.15, 0.2) is 164 Å². The van der Waals surface area contributed by atoms with Crippen molar-refractivity contribution in [1.82, 2.24) is 9.55 Å². The van der Waals surface area contributed by atoms with Gasteiger partial charge in [-0.2, -0.15) is 0 Å². The van der Waals surface area contributed by atoms with Gasteiger partial charge in [0, 0.05) is 46.5 Å². The molecule has 324 valence electrons. The van der Waals surface area contributed by atoms with Gasteiger partial charge in [-0.1, -0.05) is 109 Å². The lowest BCUT2D eigenvalue weighted by Crippen LogP contribution is -2.26. The summed E-state index contributed by atoms with van der Waals surface area (Å²) in [7, 11) is 0. The molecular formula is C58H52F2N4O. The third-order valence-corrected chi connectivity index (χ3v) is 12.7. The molecule has 0 unspecified atom stereocenters. The summed E-state index contributed by atoms with van der Waals surface area (Å²) in [5, 5.41) is 2.28. The predicted molar refractivity (Wildman–Crippen MR) is 265 cm³/mol. The summed E-state index contributed by atoms with van der Waals surface area (Å²) < 4.78 is 38.3. The van der Waals surface area contributed by atoms with Crippen molar-refractivity contribution in [2.45, 2.75) is 65.7 Å². The predicted octanol–water partition coefficient (Wildman–Crippen LogP) is 16.4. The van der Waals surface area contributed by atoms with Crippen molar-refractivity contribution >= 4 is 44.6 Å². The molecule has 65 heavy (non-hydrogen) atoms. The summed E-state index contributed by atoms with van der Waals surface area (Å²) in [6, 6.07) is 52.7. The molecule has 1 aliphatic heterocycles. The number of hydrogen-bond acceptors (Lipinski definition) is 4. The van der Waals surface area contributed by atoms with Gasteiger partial charge < -0.3 is 14.5 Å². The summed E-state index contributed by atoms with van der Waals surface area (Å²) in [5.74, 6) is 1.34. The van der Waals surface area contributed by atoms with E-state index in [1.807, 2.05) is 24.4 Å². The normalized spacial score (nSPS) is 12.8. The molecule has 0 fully saturated rings. The fourth-order valence-electron chi connectivity index (χ4n) is 9.40.